The first-order valence-corrected chi connectivity index (χ1v) is 24.4. The average molecular weight is 997 g/mol. The number of carbonyl (C=O) groups is 2. The molecule has 1 aliphatic rings. The first-order chi connectivity index (χ1) is 33.4. The lowest BCUT2D eigenvalue weighted by atomic mass is 9.93. The molecule has 0 saturated carbocycles. The lowest BCUT2D eigenvalue weighted by molar-refractivity contribution is -0.186. The van der Waals surface area contributed by atoms with Gasteiger partial charge < -0.3 is 28.7 Å². The summed E-state index contributed by atoms with van der Waals surface area (Å²) < 4.78 is 99.1. The quantitative estimate of drug-likeness (QED) is 0.0906. The van der Waals surface area contributed by atoms with Gasteiger partial charge in [0.1, 0.15) is 41.0 Å². The standard InChI is InChI=1S/C51H51F3N6O8S2/c1-50(2,3)68-49(62)58-23-20-34(21-24-58)22-25-59(47(61)51(52,53)54)31-35-10-9-13-38(26-35)43-28-37(36-11-7-6-8-12-36)15-18-45(43)67-44-19-17-42(27-40(44)30-55)70(63,64)60(48-56-33-57-69-48)32-39-14-16-41(65-4)29-46(39)66-5/h6-19,26-29,33-34H,20-25,31-32H2,1-5H3. The van der Waals surface area contributed by atoms with Crippen LogP contribution in [0.1, 0.15) is 56.7 Å². The second kappa shape index (κ2) is 21.6. The molecule has 7 rings (SSSR count). The van der Waals surface area contributed by atoms with Gasteiger partial charge in [-0.2, -0.15) is 22.8 Å². The molecule has 6 aromatic rings. The SMILES string of the molecule is COc1ccc(CN(c2ncns2)S(=O)(=O)c2ccc(Oc3ccc(-c4ccccc4)cc3-c3cccc(CN(CCC4CCN(C(=O)OC(C)(C)C)CC4)C(=O)C(F)(F)F)c3)c(C#N)c2)c(OC)c1. The van der Waals surface area contributed by atoms with E-state index in [0.29, 0.717) is 66.1 Å². The number of amides is 2. The highest BCUT2D eigenvalue weighted by atomic mass is 32.2. The molecule has 0 atom stereocenters. The number of hydrogen-bond acceptors (Lipinski definition) is 12. The summed E-state index contributed by atoms with van der Waals surface area (Å²) in [5, 5.41) is 10.5. The third-order valence-corrected chi connectivity index (χ3v) is 14.1. The first-order valence-electron chi connectivity index (χ1n) is 22.2. The maximum atomic E-state index is 14.5. The number of hydrogen-bond donors (Lipinski definition) is 0. The molecule has 0 bridgehead atoms. The topological polar surface area (TPSA) is 164 Å². The molecule has 1 aliphatic heterocycles. The van der Waals surface area contributed by atoms with E-state index in [1.165, 1.54) is 38.7 Å². The Bertz CT molecular complexity index is 2950. The Morgan fingerprint density at radius 2 is 1.56 bits per heavy atom. The molecule has 1 fully saturated rings. The van der Waals surface area contributed by atoms with Crippen molar-refractivity contribution in [2.24, 2.45) is 5.92 Å². The van der Waals surface area contributed by atoms with Crippen molar-refractivity contribution < 1.29 is 50.1 Å². The maximum absolute atomic E-state index is 14.5. The molecular weight excluding hydrogens is 946 g/mol. The summed E-state index contributed by atoms with van der Waals surface area (Å²) in [6.07, 6.45) is -2.90. The van der Waals surface area contributed by atoms with E-state index in [1.807, 2.05) is 42.5 Å². The highest BCUT2D eigenvalue weighted by Gasteiger charge is 2.42. The lowest BCUT2D eigenvalue weighted by Gasteiger charge is -2.34. The number of nitriles is 1. The van der Waals surface area contributed by atoms with Crippen LogP contribution in [0.4, 0.5) is 23.1 Å². The number of likely N-dealkylation sites (tertiary alicyclic amines) is 1. The molecular formula is C51H51F3N6O8S2. The number of ether oxygens (including phenoxy) is 4. The van der Waals surface area contributed by atoms with E-state index in [-0.39, 0.29) is 52.6 Å². The van der Waals surface area contributed by atoms with Crippen molar-refractivity contribution in [1.82, 2.24) is 19.2 Å². The average Bonchev–Trinajstić information content (AvgIpc) is 3.89. The van der Waals surface area contributed by atoms with Crippen LogP contribution in [0.15, 0.2) is 120 Å². The molecule has 2 heterocycles. The minimum atomic E-state index is -5.11. The second-order valence-corrected chi connectivity index (χ2v) is 20.1. The monoisotopic (exact) mass is 996 g/mol. The largest absolute Gasteiger partial charge is 0.497 e. The van der Waals surface area contributed by atoms with Gasteiger partial charge >= 0.3 is 18.2 Å². The maximum Gasteiger partial charge on any atom is 0.471 e. The summed E-state index contributed by atoms with van der Waals surface area (Å²) in [5.74, 6) is -0.799. The van der Waals surface area contributed by atoms with Crippen LogP contribution in [-0.2, 0) is 32.6 Å². The minimum Gasteiger partial charge on any atom is -0.497 e. The summed E-state index contributed by atoms with van der Waals surface area (Å²) in [7, 11) is -1.44. The number of methoxy groups -OCH3 is 2. The molecule has 366 valence electrons. The molecule has 19 heteroatoms. The zero-order valence-electron chi connectivity index (χ0n) is 39.1. The van der Waals surface area contributed by atoms with Gasteiger partial charge in [-0.1, -0.05) is 54.6 Å². The van der Waals surface area contributed by atoms with Gasteiger partial charge in [0.05, 0.1) is 31.2 Å². The fourth-order valence-electron chi connectivity index (χ4n) is 7.97. The van der Waals surface area contributed by atoms with Crippen molar-refractivity contribution >= 4 is 38.7 Å². The van der Waals surface area contributed by atoms with Crippen LogP contribution >= 0.6 is 11.5 Å². The van der Waals surface area contributed by atoms with E-state index in [9.17, 15) is 36.4 Å². The second-order valence-electron chi connectivity index (χ2n) is 17.5. The third kappa shape index (κ3) is 12.3. The summed E-state index contributed by atoms with van der Waals surface area (Å²) in [4.78, 5) is 31.9. The minimum absolute atomic E-state index is 0.0147. The van der Waals surface area contributed by atoms with Gasteiger partial charge in [-0.15, -0.1) is 0 Å². The summed E-state index contributed by atoms with van der Waals surface area (Å²) in [6, 6.07) is 32.6. The highest BCUT2D eigenvalue weighted by molar-refractivity contribution is 7.93. The van der Waals surface area contributed by atoms with Crippen molar-refractivity contribution in [3.05, 3.63) is 132 Å². The van der Waals surface area contributed by atoms with Gasteiger partial charge in [0.15, 0.2) is 0 Å². The van der Waals surface area contributed by atoms with Crippen molar-refractivity contribution in [2.45, 2.75) is 69.8 Å². The summed E-state index contributed by atoms with van der Waals surface area (Å²) in [5.41, 5.74) is 2.85. The van der Waals surface area contributed by atoms with E-state index in [4.69, 9.17) is 18.9 Å². The van der Waals surface area contributed by atoms with Gasteiger partial charge in [-0.05, 0) is 117 Å². The number of alkyl halides is 3. The number of anilines is 1. The van der Waals surface area contributed by atoms with E-state index < -0.39 is 33.8 Å². The Labute approximate surface area is 409 Å². The van der Waals surface area contributed by atoms with Crippen LogP contribution < -0.4 is 18.5 Å². The van der Waals surface area contributed by atoms with Gasteiger partial charge in [-0.25, -0.2) is 22.5 Å². The van der Waals surface area contributed by atoms with Crippen molar-refractivity contribution in [1.29, 1.82) is 5.26 Å². The summed E-state index contributed by atoms with van der Waals surface area (Å²) in [6.45, 7) is 5.43. The third-order valence-electron chi connectivity index (χ3n) is 11.6. The van der Waals surface area contributed by atoms with Crippen LogP contribution in [0.25, 0.3) is 22.3 Å². The Balaban J connectivity index is 1.17. The Kier molecular flexibility index (Phi) is 15.7. The molecule has 14 nitrogen and oxygen atoms in total. The van der Waals surface area contributed by atoms with Gasteiger partial charge in [0.2, 0.25) is 5.13 Å². The molecule has 0 N–H and O–H groups in total. The Morgan fingerprint density at radius 3 is 2.21 bits per heavy atom. The zero-order chi connectivity index (χ0) is 50.2. The Hall–Kier alpha value is -7.17. The summed E-state index contributed by atoms with van der Waals surface area (Å²) >= 11 is 0.870. The molecule has 5 aromatic carbocycles. The highest BCUT2D eigenvalue weighted by Crippen LogP contribution is 2.40. The van der Waals surface area contributed by atoms with Gasteiger partial charge in [0, 0.05) is 54.9 Å². The van der Waals surface area contributed by atoms with Crippen LogP contribution in [0.3, 0.4) is 0 Å². The molecule has 0 aliphatic carbocycles. The molecule has 0 unspecified atom stereocenters. The number of benzene rings is 5. The number of sulfonamides is 1. The fraction of sp³-hybridized carbons (Fsp3) is 0.314. The van der Waals surface area contributed by atoms with Crippen LogP contribution in [0, 0.1) is 17.2 Å². The van der Waals surface area contributed by atoms with Crippen LogP contribution in [0.5, 0.6) is 23.0 Å². The zero-order valence-corrected chi connectivity index (χ0v) is 40.7. The molecule has 0 radical (unpaired) electrons. The van der Waals surface area contributed by atoms with E-state index >= 15 is 0 Å². The van der Waals surface area contributed by atoms with Crippen molar-refractivity contribution in [3.8, 4) is 51.3 Å². The normalized spacial score (nSPS) is 13.3. The van der Waals surface area contributed by atoms with E-state index in [0.717, 1.165) is 31.9 Å². The first kappa shape index (κ1) is 50.7. The number of rotatable bonds is 16. The van der Waals surface area contributed by atoms with Crippen molar-refractivity contribution in [3.63, 3.8) is 0 Å². The van der Waals surface area contributed by atoms with Crippen LogP contribution in [0.2, 0.25) is 0 Å². The predicted octanol–water partition coefficient (Wildman–Crippen LogP) is 10.9. The number of aromatic nitrogens is 2. The number of nitrogens with zero attached hydrogens (tertiary/aromatic N) is 6. The van der Waals surface area contributed by atoms with Crippen LogP contribution in [-0.4, -0.2) is 85.2 Å². The van der Waals surface area contributed by atoms with E-state index in [2.05, 4.69) is 15.4 Å². The molecule has 1 saturated heterocycles. The molecule has 2 amide bonds. The van der Waals surface area contributed by atoms with E-state index in [1.54, 1.807) is 74.2 Å². The van der Waals surface area contributed by atoms with Gasteiger partial charge in [-0.3, -0.25) is 4.79 Å². The van der Waals surface area contributed by atoms with Gasteiger partial charge in [0.25, 0.3) is 10.0 Å². The molecule has 0 spiro atoms. The molecule has 70 heavy (non-hydrogen) atoms. The number of carbonyl (C=O) groups excluding carboxylic acids is 2. The van der Waals surface area contributed by atoms with Crippen molar-refractivity contribution in [2.75, 3.05) is 38.2 Å². The predicted molar refractivity (Wildman–Crippen MR) is 258 cm³/mol. The lowest BCUT2D eigenvalue weighted by Crippen LogP contribution is -2.43. The Morgan fingerprint density at radius 1 is 0.829 bits per heavy atom. The number of piperidine rings is 1. The smallest absolute Gasteiger partial charge is 0.471 e. The molecule has 1 aromatic heterocycles. The number of halogens is 3. The fourth-order valence-corrected chi connectivity index (χ4v) is 10.1.